The van der Waals surface area contributed by atoms with E-state index in [1.165, 1.54) is 0 Å². The molecule has 0 saturated heterocycles. The first-order valence-electron chi connectivity index (χ1n) is 4.84. The van der Waals surface area contributed by atoms with Crippen LogP contribution in [0.2, 0.25) is 0 Å². The number of hydrogen-bond donors (Lipinski definition) is 2. The molecule has 0 saturated carbocycles. The predicted molar refractivity (Wildman–Crippen MR) is 57.3 cm³/mol. The Labute approximate surface area is 90.4 Å². The summed E-state index contributed by atoms with van der Waals surface area (Å²) in [7, 11) is 1.71. The van der Waals surface area contributed by atoms with Crippen molar-refractivity contribution in [3.63, 3.8) is 0 Å². The van der Waals surface area contributed by atoms with E-state index in [4.69, 9.17) is 16.5 Å². The van der Waals surface area contributed by atoms with Crippen molar-refractivity contribution in [1.29, 1.82) is 0 Å². The molecule has 0 bridgehead atoms. The number of rotatable bonds is 7. The number of urea groups is 1. The first-order valence-corrected chi connectivity index (χ1v) is 5.22. The fraction of sp³-hybridized carbons (Fsp3) is 0.889. The number of amides is 2. The maximum atomic E-state index is 10.7. The minimum atomic E-state index is -0.337. The number of carbonyl (C=O) groups is 1. The average Bonchev–Trinajstić information content (AvgIpc) is 2.18. The zero-order valence-corrected chi connectivity index (χ0v) is 9.56. The van der Waals surface area contributed by atoms with Crippen LogP contribution in [0.15, 0.2) is 0 Å². The molecule has 4 nitrogen and oxygen atoms in total. The monoisotopic (exact) mass is 222 g/mol. The Hall–Kier alpha value is -0.480. The summed E-state index contributed by atoms with van der Waals surface area (Å²) in [5, 5.41) is 2.64. The van der Waals surface area contributed by atoms with Crippen molar-refractivity contribution in [3.05, 3.63) is 0 Å². The highest BCUT2D eigenvalue weighted by molar-refractivity contribution is 6.21. The van der Waals surface area contributed by atoms with Gasteiger partial charge in [0, 0.05) is 32.0 Å². The summed E-state index contributed by atoms with van der Waals surface area (Å²) in [6.45, 7) is 3.63. The minimum Gasteiger partial charge on any atom is -0.385 e. The molecule has 14 heavy (non-hydrogen) atoms. The van der Waals surface area contributed by atoms with Gasteiger partial charge in [0.15, 0.2) is 0 Å². The molecule has 0 aliphatic heterocycles. The molecular formula is C9H19ClN2O2. The van der Waals surface area contributed by atoms with Crippen LogP contribution < -0.4 is 10.2 Å². The Kier molecular flexibility index (Phi) is 8.78. The van der Waals surface area contributed by atoms with Crippen molar-refractivity contribution < 1.29 is 9.53 Å². The summed E-state index contributed by atoms with van der Waals surface area (Å²) in [4.78, 5) is 12.7. The fourth-order valence-electron chi connectivity index (χ4n) is 1.19. The molecule has 0 heterocycles. The molecule has 0 fully saturated rings. The zero-order valence-electron chi connectivity index (χ0n) is 8.81. The van der Waals surface area contributed by atoms with Gasteiger partial charge in [-0.2, -0.15) is 0 Å². The van der Waals surface area contributed by atoms with Crippen molar-refractivity contribution >= 4 is 17.8 Å². The van der Waals surface area contributed by atoms with Crippen LogP contribution in [-0.4, -0.2) is 26.3 Å². The van der Waals surface area contributed by atoms with Crippen molar-refractivity contribution in [2.45, 2.75) is 26.2 Å². The summed E-state index contributed by atoms with van der Waals surface area (Å²) < 4.78 is 4.96. The predicted octanol–water partition coefficient (Wildman–Crippen LogP) is 1.89. The summed E-state index contributed by atoms with van der Waals surface area (Å²) in [5.41, 5.74) is 0. The molecule has 0 radical (unpaired) electrons. The van der Waals surface area contributed by atoms with Gasteiger partial charge in [0.2, 0.25) is 0 Å². The molecule has 5 heteroatoms. The highest BCUT2D eigenvalue weighted by Crippen LogP contribution is 2.08. The van der Waals surface area contributed by atoms with Gasteiger partial charge in [-0.05, 0) is 25.2 Å². The summed E-state index contributed by atoms with van der Waals surface area (Å²) in [6, 6.07) is -0.337. The maximum Gasteiger partial charge on any atom is 0.329 e. The van der Waals surface area contributed by atoms with E-state index in [0.717, 1.165) is 25.9 Å². The van der Waals surface area contributed by atoms with Crippen LogP contribution in [0.4, 0.5) is 4.79 Å². The van der Waals surface area contributed by atoms with Crippen LogP contribution in [0.3, 0.4) is 0 Å². The second-order valence-corrected chi connectivity index (χ2v) is 3.57. The van der Waals surface area contributed by atoms with Crippen LogP contribution in [0.25, 0.3) is 0 Å². The van der Waals surface area contributed by atoms with E-state index in [1.54, 1.807) is 7.11 Å². The van der Waals surface area contributed by atoms with Crippen molar-refractivity contribution in [3.8, 4) is 0 Å². The molecule has 0 aromatic rings. The molecule has 0 aromatic heterocycles. The highest BCUT2D eigenvalue weighted by atomic mass is 35.5. The molecule has 0 aliphatic rings. The van der Waals surface area contributed by atoms with Crippen LogP contribution in [0.5, 0.6) is 0 Å². The van der Waals surface area contributed by atoms with Crippen LogP contribution in [-0.2, 0) is 4.74 Å². The topological polar surface area (TPSA) is 50.4 Å². The number of hydrogen-bond acceptors (Lipinski definition) is 2. The third kappa shape index (κ3) is 8.13. The number of ether oxygens (including phenoxy) is 1. The highest BCUT2D eigenvalue weighted by Gasteiger charge is 2.02. The van der Waals surface area contributed by atoms with Crippen molar-refractivity contribution in [2.24, 2.45) is 5.92 Å². The van der Waals surface area contributed by atoms with Gasteiger partial charge in [-0.15, -0.1) is 0 Å². The smallest absolute Gasteiger partial charge is 0.329 e. The van der Waals surface area contributed by atoms with Gasteiger partial charge in [0.25, 0.3) is 0 Å². The number of halogens is 1. The number of nitrogens with one attached hydrogen (secondary N) is 2. The quantitative estimate of drug-likeness (QED) is 0.511. The second kappa shape index (κ2) is 9.09. The molecular weight excluding hydrogens is 204 g/mol. The molecule has 0 rings (SSSR count). The van der Waals surface area contributed by atoms with Crippen LogP contribution >= 0.6 is 11.8 Å². The van der Waals surface area contributed by atoms with Crippen molar-refractivity contribution in [2.75, 3.05) is 20.3 Å². The van der Waals surface area contributed by atoms with E-state index in [0.29, 0.717) is 12.5 Å². The molecule has 0 aromatic carbocycles. The Balaban J connectivity index is 3.26. The van der Waals surface area contributed by atoms with Gasteiger partial charge in [0.1, 0.15) is 0 Å². The summed E-state index contributed by atoms with van der Waals surface area (Å²) >= 11 is 5.09. The Bertz CT molecular complexity index is 156. The van der Waals surface area contributed by atoms with E-state index in [-0.39, 0.29) is 6.03 Å². The van der Waals surface area contributed by atoms with Crippen LogP contribution in [0, 0.1) is 5.92 Å². The van der Waals surface area contributed by atoms with Gasteiger partial charge in [0.05, 0.1) is 0 Å². The van der Waals surface area contributed by atoms with E-state index in [1.807, 2.05) is 4.84 Å². The molecule has 0 unspecified atom stereocenters. The summed E-state index contributed by atoms with van der Waals surface area (Å²) in [5.74, 6) is 0.598. The van der Waals surface area contributed by atoms with Gasteiger partial charge in [-0.3, -0.25) is 0 Å². The third-order valence-electron chi connectivity index (χ3n) is 2.05. The lowest BCUT2D eigenvalue weighted by atomic mass is 10.0. The first kappa shape index (κ1) is 13.5. The van der Waals surface area contributed by atoms with E-state index in [2.05, 4.69) is 12.2 Å². The SMILES string of the molecule is COCCC[C@H](C)CCNC(=O)NCl. The molecule has 1 atom stereocenters. The van der Waals surface area contributed by atoms with E-state index in [9.17, 15) is 4.79 Å². The third-order valence-corrected chi connectivity index (χ3v) is 2.23. The normalized spacial score (nSPS) is 12.2. The average molecular weight is 223 g/mol. The van der Waals surface area contributed by atoms with Gasteiger partial charge < -0.3 is 10.1 Å². The lowest BCUT2D eigenvalue weighted by Gasteiger charge is -2.10. The van der Waals surface area contributed by atoms with Crippen LogP contribution in [0.1, 0.15) is 26.2 Å². The van der Waals surface area contributed by atoms with Crippen molar-refractivity contribution in [1.82, 2.24) is 10.2 Å². The molecule has 2 amide bonds. The minimum absolute atomic E-state index is 0.337. The zero-order chi connectivity index (χ0) is 10.8. The largest absolute Gasteiger partial charge is 0.385 e. The lowest BCUT2D eigenvalue weighted by Crippen LogP contribution is -2.31. The van der Waals surface area contributed by atoms with Gasteiger partial charge >= 0.3 is 6.03 Å². The first-order chi connectivity index (χ1) is 6.70. The van der Waals surface area contributed by atoms with E-state index < -0.39 is 0 Å². The standard InChI is InChI=1S/C9H19ClN2O2/c1-8(4-3-7-14-2)5-6-11-9(13)12-10/h8H,3-7H2,1-2H3,(H2,11,12,13)/t8-/m0/s1. The van der Waals surface area contributed by atoms with Gasteiger partial charge in [-0.25, -0.2) is 9.63 Å². The number of carbonyl (C=O) groups excluding carboxylic acids is 1. The number of methoxy groups -OCH3 is 1. The van der Waals surface area contributed by atoms with E-state index >= 15 is 0 Å². The Morgan fingerprint density at radius 2 is 2.21 bits per heavy atom. The fourth-order valence-corrected chi connectivity index (χ4v) is 1.25. The van der Waals surface area contributed by atoms with Gasteiger partial charge in [-0.1, -0.05) is 6.92 Å². The summed E-state index contributed by atoms with van der Waals surface area (Å²) in [6.07, 6.45) is 3.16. The Morgan fingerprint density at radius 3 is 2.79 bits per heavy atom. The lowest BCUT2D eigenvalue weighted by molar-refractivity contribution is 0.187. The Morgan fingerprint density at radius 1 is 1.50 bits per heavy atom. The molecule has 0 aliphatic carbocycles. The molecule has 2 N–H and O–H groups in total. The second-order valence-electron chi connectivity index (χ2n) is 3.38. The molecule has 84 valence electrons. The molecule has 0 spiro atoms. The maximum absolute atomic E-state index is 10.7.